The van der Waals surface area contributed by atoms with Gasteiger partial charge in [0.1, 0.15) is 0 Å². The number of rotatable bonds is 8. The first kappa shape index (κ1) is 22.4. The molecule has 1 N–H and O–H groups in total. The highest BCUT2D eigenvalue weighted by atomic mass is 16.2. The van der Waals surface area contributed by atoms with Crippen molar-refractivity contribution in [3.05, 3.63) is 107 Å². The fraction of sp³-hybridized carbons (Fsp3) is 0.222. The molecule has 6 heteroatoms. The van der Waals surface area contributed by atoms with Gasteiger partial charge in [0.15, 0.2) is 0 Å². The van der Waals surface area contributed by atoms with Crippen LogP contribution in [0.2, 0.25) is 0 Å². The van der Waals surface area contributed by atoms with Gasteiger partial charge in [-0.05, 0) is 49.8 Å². The van der Waals surface area contributed by atoms with E-state index < -0.39 is 0 Å². The molecule has 0 spiro atoms. The topological polar surface area (TPSA) is 69.7 Å². The summed E-state index contributed by atoms with van der Waals surface area (Å²) in [5.74, 6) is -0.936. The Hall–Kier alpha value is -3.77. The van der Waals surface area contributed by atoms with Crippen molar-refractivity contribution < 1.29 is 14.4 Å². The summed E-state index contributed by atoms with van der Waals surface area (Å²) in [7, 11) is 3.93. The van der Waals surface area contributed by atoms with Crippen LogP contribution in [-0.2, 0) is 6.42 Å². The van der Waals surface area contributed by atoms with Crippen molar-refractivity contribution in [1.29, 1.82) is 0 Å². The first-order valence-corrected chi connectivity index (χ1v) is 11.0. The monoisotopic (exact) mass is 441 g/mol. The van der Waals surface area contributed by atoms with Gasteiger partial charge in [-0.15, -0.1) is 0 Å². The second-order valence-electron chi connectivity index (χ2n) is 8.36. The van der Waals surface area contributed by atoms with E-state index in [0.29, 0.717) is 30.6 Å². The number of fused-ring (bicyclic) bond motifs is 1. The van der Waals surface area contributed by atoms with Gasteiger partial charge in [0.05, 0.1) is 17.2 Å². The van der Waals surface area contributed by atoms with Crippen molar-refractivity contribution in [2.24, 2.45) is 0 Å². The van der Waals surface area contributed by atoms with Crippen LogP contribution in [0.4, 0.5) is 0 Å². The van der Waals surface area contributed by atoms with Crippen molar-refractivity contribution >= 4 is 17.7 Å². The Bertz CT molecular complexity index is 1160. The van der Waals surface area contributed by atoms with Crippen molar-refractivity contribution in [2.75, 3.05) is 27.2 Å². The van der Waals surface area contributed by atoms with Crippen LogP contribution in [0, 0.1) is 0 Å². The predicted molar refractivity (Wildman–Crippen MR) is 127 cm³/mol. The Morgan fingerprint density at radius 2 is 1.52 bits per heavy atom. The first-order valence-electron chi connectivity index (χ1n) is 11.0. The lowest BCUT2D eigenvalue weighted by Crippen LogP contribution is -2.34. The molecule has 1 heterocycles. The van der Waals surface area contributed by atoms with Crippen LogP contribution in [0.5, 0.6) is 0 Å². The van der Waals surface area contributed by atoms with Crippen LogP contribution in [0.25, 0.3) is 0 Å². The number of likely N-dealkylation sites (N-methyl/N-ethyl adjacent to an activating group) is 1. The maximum atomic E-state index is 12.9. The van der Waals surface area contributed by atoms with Crippen LogP contribution >= 0.6 is 0 Å². The van der Waals surface area contributed by atoms with E-state index in [9.17, 15) is 14.4 Å². The van der Waals surface area contributed by atoms with E-state index in [0.717, 1.165) is 11.1 Å². The number of carbonyl (C=O) groups is 3. The fourth-order valence-corrected chi connectivity index (χ4v) is 4.09. The maximum Gasteiger partial charge on any atom is 0.261 e. The standard InChI is InChI=1S/C27H27N3O3/c1-29(2)24(20-11-7-4-8-12-20)18-28-25(31)21-13-14-22-23(17-21)27(33)30(26(22)32)16-15-19-9-5-3-6-10-19/h3-14,17,24H,15-16,18H2,1-2H3,(H,28,31). The van der Waals surface area contributed by atoms with E-state index in [1.54, 1.807) is 12.1 Å². The molecule has 1 atom stereocenters. The van der Waals surface area contributed by atoms with Crippen LogP contribution in [0.15, 0.2) is 78.9 Å². The molecule has 33 heavy (non-hydrogen) atoms. The molecule has 1 aliphatic rings. The third kappa shape index (κ3) is 4.86. The maximum absolute atomic E-state index is 12.9. The number of hydrogen-bond acceptors (Lipinski definition) is 4. The molecular formula is C27H27N3O3. The minimum atomic E-state index is -0.351. The molecular weight excluding hydrogens is 414 g/mol. The highest BCUT2D eigenvalue weighted by molar-refractivity contribution is 6.22. The number of amides is 3. The molecule has 3 aromatic rings. The lowest BCUT2D eigenvalue weighted by Gasteiger charge is -2.25. The molecule has 0 bridgehead atoms. The normalized spacial score (nSPS) is 13.8. The van der Waals surface area contributed by atoms with E-state index in [4.69, 9.17) is 0 Å². The van der Waals surface area contributed by atoms with Crippen molar-refractivity contribution in [3.63, 3.8) is 0 Å². The van der Waals surface area contributed by atoms with Gasteiger partial charge in [-0.25, -0.2) is 0 Å². The summed E-state index contributed by atoms with van der Waals surface area (Å²) in [6.07, 6.45) is 0.588. The summed E-state index contributed by atoms with van der Waals surface area (Å²) >= 11 is 0. The SMILES string of the molecule is CN(C)C(CNC(=O)c1ccc2c(c1)C(=O)N(CCc1ccccc1)C2=O)c1ccccc1. The molecule has 0 fully saturated rings. The highest BCUT2D eigenvalue weighted by Gasteiger charge is 2.35. The van der Waals surface area contributed by atoms with E-state index >= 15 is 0 Å². The first-order chi connectivity index (χ1) is 16.0. The number of nitrogens with one attached hydrogen (secondary N) is 1. The van der Waals surface area contributed by atoms with E-state index in [2.05, 4.69) is 5.32 Å². The Morgan fingerprint density at radius 1 is 0.879 bits per heavy atom. The van der Waals surface area contributed by atoms with Crippen molar-refractivity contribution in [1.82, 2.24) is 15.1 Å². The lowest BCUT2D eigenvalue weighted by molar-refractivity contribution is 0.0656. The molecule has 1 unspecified atom stereocenters. The molecule has 168 valence electrons. The van der Waals surface area contributed by atoms with Gasteiger partial charge in [-0.2, -0.15) is 0 Å². The molecule has 3 aromatic carbocycles. The summed E-state index contributed by atoms with van der Waals surface area (Å²) in [4.78, 5) is 41.8. The number of nitrogens with zero attached hydrogens (tertiary/aromatic N) is 2. The Kier molecular flexibility index (Phi) is 6.66. The van der Waals surface area contributed by atoms with Gasteiger partial charge >= 0.3 is 0 Å². The van der Waals surface area contributed by atoms with Crippen LogP contribution < -0.4 is 5.32 Å². The average molecular weight is 442 g/mol. The smallest absolute Gasteiger partial charge is 0.261 e. The Morgan fingerprint density at radius 3 is 2.18 bits per heavy atom. The molecule has 0 saturated carbocycles. The predicted octanol–water partition coefficient (Wildman–Crippen LogP) is 3.56. The molecule has 1 aliphatic heterocycles. The molecule has 0 radical (unpaired) electrons. The molecule has 0 saturated heterocycles. The number of benzene rings is 3. The molecule has 4 rings (SSSR count). The van der Waals surface area contributed by atoms with E-state index in [-0.39, 0.29) is 29.3 Å². The average Bonchev–Trinajstić information content (AvgIpc) is 3.07. The second-order valence-corrected chi connectivity index (χ2v) is 8.36. The fourth-order valence-electron chi connectivity index (χ4n) is 4.09. The summed E-state index contributed by atoms with van der Waals surface area (Å²) in [5.41, 5.74) is 3.16. The minimum Gasteiger partial charge on any atom is -0.350 e. The quantitative estimate of drug-likeness (QED) is 0.543. The van der Waals surface area contributed by atoms with Gasteiger partial charge in [0, 0.05) is 18.7 Å². The summed E-state index contributed by atoms with van der Waals surface area (Å²) in [6, 6.07) is 24.4. The third-order valence-corrected chi connectivity index (χ3v) is 5.96. The van der Waals surface area contributed by atoms with Crippen molar-refractivity contribution in [2.45, 2.75) is 12.5 Å². The molecule has 3 amide bonds. The number of carbonyl (C=O) groups excluding carboxylic acids is 3. The zero-order valence-electron chi connectivity index (χ0n) is 18.8. The van der Waals surface area contributed by atoms with Gasteiger partial charge in [0.2, 0.25) is 0 Å². The van der Waals surface area contributed by atoms with Crippen molar-refractivity contribution in [3.8, 4) is 0 Å². The second kappa shape index (κ2) is 9.79. The lowest BCUT2D eigenvalue weighted by atomic mass is 10.0. The zero-order chi connectivity index (χ0) is 23.4. The molecule has 0 aromatic heterocycles. The number of hydrogen-bond donors (Lipinski definition) is 1. The van der Waals surface area contributed by atoms with Gasteiger partial charge in [-0.3, -0.25) is 19.3 Å². The van der Waals surface area contributed by atoms with Crippen LogP contribution in [0.1, 0.15) is 48.2 Å². The van der Waals surface area contributed by atoms with Crippen LogP contribution in [-0.4, -0.2) is 54.7 Å². The zero-order valence-corrected chi connectivity index (χ0v) is 18.8. The molecule has 6 nitrogen and oxygen atoms in total. The Balaban J connectivity index is 1.44. The van der Waals surface area contributed by atoms with Crippen LogP contribution in [0.3, 0.4) is 0 Å². The Labute approximate surface area is 193 Å². The minimum absolute atomic E-state index is 0.0151. The summed E-state index contributed by atoms with van der Waals surface area (Å²) in [5, 5.41) is 2.96. The number of imide groups is 1. The highest BCUT2D eigenvalue weighted by Crippen LogP contribution is 2.25. The largest absolute Gasteiger partial charge is 0.350 e. The summed E-state index contributed by atoms with van der Waals surface area (Å²) < 4.78 is 0. The van der Waals surface area contributed by atoms with E-state index in [1.807, 2.05) is 79.7 Å². The van der Waals surface area contributed by atoms with E-state index in [1.165, 1.54) is 11.0 Å². The van der Waals surface area contributed by atoms with Gasteiger partial charge < -0.3 is 10.2 Å². The van der Waals surface area contributed by atoms with Gasteiger partial charge in [0.25, 0.3) is 17.7 Å². The van der Waals surface area contributed by atoms with Gasteiger partial charge in [-0.1, -0.05) is 60.7 Å². The molecule has 0 aliphatic carbocycles. The third-order valence-electron chi connectivity index (χ3n) is 5.96. The summed E-state index contributed by atoms with van der Waals surface area (Å²) in [6.45, 7) is 0.725.